The number of nitrogens with zero attached hydrogens (tertiary/aromatic N) is 2. The molecule has 0 spiro atoms. The molecular weight excluding hydrogens is 390 g/mol. The number of esters is 2. The maximum absolute atomic E-state index is 12.6. The van der Waals surface area contributed by atoms with E-state index in [0.29, 0.717) is 5.56 Å². The number of amides is 1. The maximum Gasteiger partial charge on any atom is 0.348 e. The molecular formula is C17H19N3O7S. The van der Waals surface area contributed by atoms with Crippen molar-refractivity contribution in [3.63, 3.8) is 0 Å². The number of nitrogens with one attached hydrogen (secondary N) is 1. The highest BCUT2D eigenvalue weighted by Crippen LogP contribution is 2.34. The molecule has 0 aliphatic heterocycles. The Morgan fingerprint density at radius 2 is 2.00 bits per heavy atom. The van der Waals surface area contributed by atoms with E-state index in [1.807, 2.05) is 0 Å². The lowest BCUT2D eigenvalue weighted by Gasteiger charge is -2.12. The Bertz CT molecular complexity index is 931. The highest BCUT2D eigenvalue weighted by atomic mass is 32.1. The molecule has 28 heavy (non-hydrogen) atoms. The normalized spacial score (nSPS) is 11.6. The largest absolute Gasteiger partial charge is 0.478 e. The lowest BCUT2D eigenvalue weighted by atomic mass is 10.1. The fraction of sp³-hybridized carbons (Fsp3) is 0.353. The Kier molecular flexibility index (Phi) is 6.52. The number of carboxylic acids is 1. The number of rotatable bonds is 7. The molecule has 0 saturated carbocycles. The van der Waals surface area contributed by atoms with Crippen LogP contribution in [0.1, 0.15) is 55.8 Å². The molecule has 2 rings (SSSR count). The fourth-order valence-electron chi connectivity index (χ4n) is 2.34. The van der Waals surface area contributed by atoms with Crippen LogP contribution in [0.15, 0.2) is 12.4 Å². The predicted octanol–water partition coefficient (Wildman–Crippen LogP) is 2.11. The van der Waals surface area contributed by atoms with Crippen molar-refractivity contribution in [2.24, 2.45) is 0 Å². The van der Waals surface area contributed by atoms with Gasteiger partial charge >= 0.3 is 17.9 Å². The molecule has 1 unspecified atom stereocenters. The number of thiophene rings is 1. The summed E-state index contributed by atoms with van der Waals surface area (Å²) in [6.45, 7) is 4.88. The number of carbonyl (C=O) groups excluding carboxylic acids is 3. The highest BCUT2D eigenvalue weighted by molar-refractivity contribution is 7.18. The summed E-state index contributed by atoms with van der Waals surface area (Å²) >= 11 is 0.898. The number of methoxy groups -OCH3 is 1. The Morgan fingerprint density at radius 3 is 2.54 bits per heavy atom. The van der Waals surface area contributed by atoms with Crippen molar-refractivity contribution in [3.8, 4) is 0 Å². The number of aromatic carboxylic acids is 1. The predicted molar refractivity (Wildman–Crippen MR) is 98.9 cm³/mol. The quantitative estimate of drug-likeness (QED) is 0.664. The van der Waals surface area contributed by atoms with Crippen LogP contribution < -0.4 is 5.32 Å². The van der Waals surface area contributed by atoms with E-state index in [4.69, 9.17) is 14.6 Å². The van der Waals surface area contributed by atoms with Crippen LogP contribution in [0.4, 0.5) is 5.00 Å². The molecule has 0 aliphatic rings. The molecule has 0 fully saturated rings. The summed E-state index contributed by atoms with van der Waals surface area (Å²) in [4.78, 5) is 48.0. The Balaban J connectivity index is 2.33. The summed E-state index contributed by atoms with van der Waals surface area (Å²) in [5, 5.41) is 15.5. The van der Waals surface area contributed by atoms with Crippen LogP contribution in [0.3, 0.4) is 0 Å². The highest BCUT2D eigenvalue weighted by Gasteiger charge is 2.28. The van der Waals surface area contributed by atoms with Gasteiger partial charge in [-0.25, -0.2) is 14.4 Å². The van der Waals surface area contributed by atoms with Gasteiger partial charge in [-0.15, -0.1) is 11.3 Å². The van der Waals surface area contributed by atoms with Crippen LogP contribution in [-0.2, 0) is 14.3 Å². The SMILES string of the molecule is CCOC(=O)c1sc(NC(=O)C(C)n2cc(C(=O)O)cn2)c(C(=O)OC)c1C. The van der Waals surface area contributed by atoms with Gasteiger partial charge < -0.3 is 19.9 Å². The van der Waals surface area contributed by atoms with E-state index in [-0.39, 0.29) is 27.6 Å². The van der Waals surface area contributed by atoms with Gasteiger partial charge in [0.15, 0.2) is 0 Å². The van der Waals surface area contributed by atoms with Crippen LogP contribution in [0.2, 0.25) is 0 Å². The van der Waals surface area contributed by atoms with Crippen molar-refractivity contribution in [2.45, 2.75) is 26.8 Å². The smallest absolute Gasteiger partial charge is 0.348 e. The molecule has 0 bridgehead atoms. The first-order valence-electron chi connectivity index (χ1n) is 8.18. The van der Waals surface area contributed by atoms with Gasteiger partial charge in [0.1, 0.15) is 15.9 Å². The van der Waals surface area contributed by atoms with Crippen LogP contribution in [0, 0.1) is 6.92 Å². The molecule has 2 aromatic heterocycles. The number of hydrogen-bond acceptors (Lipinski definition) is 8. The van der Waals surface area contributed by atoms with Crippen molar-refractivity contribution < 1.29 is 33.8 Å². The standard InChI is InChI=1S/C17H19N3O7S/c1-5-27-17(25)12-8(2)11(16(24)26-4)14(28-12)19-13(21)9(3)20-7-10(6-18-20)15(22)23/h6-7,9H,5H2,1-4H3,(H,19,21)(H,22,23). The van der Waals surface area contributed by atoms with Gasteiger partial charge in [-0.2, -0.15) is 5.10 Å². The lowest BCUT2D eigenvalue weighted by Crippen LogP contribution is -2.24. The van der Waals surface area contributed by atoms with Crippen LogP contribution in [0.5, 0.6) is 0 Å². The maximum atomic E-state index is 12.6. The second-order valence-electron chi connectivity index (χ2n) is 5.65. The van der Waals surface area contributed by atoms with E-state index in [2.05, 4.69) is 10.4 Å². The van der Waals surface area contributed by atoms with E-state index in [1.54, 1.807) is 13.8 Å². The molecule has 1 atom stereocenters. The number of hydrogen-bond donors (Lipinski definition) is 2. The van der Waals surface area contributed by atoms with Crippen molar-refractivity contribution >= 4 is 40.2 Å². The summed E-state index contributed by atoms with van der Waals surface area (Å²) in [5.41, 5.74) is 0.333. The summed E-state index contributed by atoms with van der Waals surface area (Å²) in [6, 6.07) is -0.868. The summed E-state index contributed by atoms with van der Waals surface area (Å²) < 4.78 is 10.9. The van der Waals surface area contributed by atoms with Gasteiger partial charge in [-0.3, -0.25) is 9.48 Å². The molecule has 11 heteroatoms. The zero-order valence-electron chi connectivity index (χ0n) is 15.6. The second kappa shape index (κ2) is 8.65. The van der Waals surface area contributed by atoms with Gasteiger partial charge in [0, 0.05) is 6.20 Å². The number of anilines is 1. The van der Waals surface area contributed by atoms with Gasteiger partial charge in [-0.05, 0) is 26.3 Å². The molecule has 2 heterocycles. The van der Waals surface area contributed by atoms with Crippen LogP contribution in [-0.4, -0.2) is 52.4 Å². The minimum atomic E-state index is -1.17. The van der Waals surface area contributed by atoms with Crippen molar-refractivity contribution in [3.05, 3.63) is 34.0 Å². The first-order valence-corrected chi connectivity index (χ1v) is 9.00. The van der Waals surface area contributed by atoms with E-state index in [9.17, 15) is 19.2 Å². The molecule has 0 aliphatic carbocycles. The molecule has 2 N–H and O–H groups in total. The minimum Gasteiger partial charge on any atom is -0.478 e. The fourth-order valence-corrected chi connectivity index (χ4v) is 3.43. The minimum absolute atomic E-state index is 0.0581. The molecule has 0 radical (unpaired) electrons. The molecule has 10 nitrogen and oxygen atoms in total. The van der Waals surface area contributed by atoms with Crippen LogP contribution in [0.25, 0.3) is 0 Å². The Morgan fingerprint density at radius 1 is 1.32 bits per heavy atom. The number of ether oxygens (including phenoxy) is 2. The first-order chi connectivity index (χ1) is 13.2. The zero-order valence-corrected chi connectivity index (χ0v) is 16.5. The van der Waals surface area contributed by atoms with Gasteiger partial charge in [0.05, 0.1) is 31.0 Å². The van der Waals surface area contributed by atoms with E-state index >= 15 is 0 Å². The summed E-state index contributed by atoms with van der Waals surface area (Å²) in [7, 11) is 1.19. The molecule has 0 aromatic carbocycles. The van der Waals surface area contributed by atoms with Crippen LogP contribution >= 0.6 is 11.3 Å². The Hall–Kier alpha value is -3.21. The van der Waals surface area contributed by atoms with Gasteiger partial charge in [0.25, 0.3) is 0 Å². The number of carboxylic acid groups (broad SMARTS) is 1. The third-order valence-electron chi connectivity index (χ3n) is 3.86. The zero-order chi connectivity index (χ0) is 21.0. The monoisotopic (exact) mass is 409 g/mol. The van der Waals surface area contributed by atoms with E-state index < -0.39 is 29.9 Å². The molecule has 2 aromatic rings. The second-order valence-corrected chi connectivity index (χ2v) is 6.67. The first kappa shape index (κ1) is 21.1. The average molecular weight is 409 g/mol. The Labute approximate surface area is 164 Å². The topological polar surface area (TPSA) is 137 Å². The third-order valence-corrected chi connectivity index (χ3v) is 5.05. The molecule has 150 valence electrons. The number of carbonyl (C=O) groups is 4. The van der Waals surface area contributed by atoms with Crippen molar-refractivity contribution in [1.29, 1.82) is 0 Å². The van der Waals surface area contributed by atoms with Gasteiger partial charge in [0.2, 0.25) is 5.91 Å². The van der Waals surface area contributed by atoms with E-state index in [0.717, 1.165) is 17.5 Å². The molecule has 1 amide bonds. The lowest BCUT2D eigenvalue weighted by molar-refractivity contribution is -0.119. The van der Waals surface area contributed by atoms with Crippen molar-refractivity contribution in [1.82, 2.24) is 9.78 Å². The summed E-state index contributed by atoms with van der Waals surface area (Å²) in [6.07, 6.45) is 2.34. The van der Waals surface area contributed by atoms with Gasteiger partial charge in [-0.1, -0.05) is 0 Å². The summed E-state index contributed by atoms with van der Waals surface area (Å²) in [5.74, 6) is -3.04. The molecule has 0 saturated heterocycles. The number of aromatic nitrogens is 2. The van der Waals surface area contributed by atoms with E-state index in [1.165, 1.54) is 24.9 Å². The average Bonchev–Trinajstić information content (AvgIpc) is 3.26. The van der Waals surface area contributed by atoms with Crippen molar-refractivity contribution in [2.75, 3.05) is 19.0 Å². The third kappa shape index (κ3) is 4.19.